The van der Waals surface area contributed by atoms with E-state index in [9.17, 15) is 19.5 Å². The quantitative estimate of drug-likeness (QED) is 0.187. The van der Waals surface area contributed by atoms with Gasteiger partial charge in [-0.3, -0.25) is 14.6 Å². The minimum absolute atomic E-state index is 0.0508. The molecule has 11 heteroatoms. The van der Waals surface area contributed by atoms with Crippen molar-refractivity contribution in [3.8, 4) is 5.75 Å². The van der Waals surface area contributed by atoms with Gasteiger partial charge in [-0.2, -0.15) is 0 Å². The van der Waals surface area contributed by atoms with Crippen molar-refractivity contribution in [2.24, 2.45) is 0 Å². The summed E-state index contributed by atoms with van der Waals surface area (Å²) in [5.41, 5.74) is 3.20. The summed E-state index contributed by atoms with van der Waals surface area (Å²) in [6.45, 7) is 0.593. The minimum atomic E-state index is -1.34. The summed E-state index contributed by atoms with van der Waals surface area (Å²) < 4.78 is 5.85. The average Bonchev–Trinajstić information content (AvgIpc) is 3.50. The largest absolute Gasteiger partial charge is 0.489 e. The first-order chi connectivity index (χ1) is 20.0. The van der Waals surface area contributed by atoms with Crippen molar-refractivity contribution in [3.05, 3.63) is 114 Å². The fraction of sp³-hybridized carbons (Fsp3) is 0.233. The van der Waals surface area contributed by atoms with Gasteiger partial charge in [0.15, 0.2) is 0 Å². The summed E-state index contributed by atoms with van der Waals surface area (Å²) in [5, 5.41) is 14.5. The van der Waals surface area contributed by atoms with Crippen LogP contribution in [0.2, 0.25) is 0 Å². The summed E-state index contributed by atoms with van der Waals surface area (Å²) in [6.07, 6.45) is 3.90. The molecule has 0 saturated heterocycles. The molecule has 4 rings (SSSR count). The molecule has 11 nitrogen and oxygen atoms in total. The predicted octanol–water partition coefficient (Wildman–Crippen LogP) is 2.95. The van der Waals surface area contributed by atoms with Gasteiger partial charge >= 0.3 is 6.09 Å². The number of H-pyrrole nitrogens is 1. The number of aromatic nitrogens is 3. The maximum Gasteiger partial charge on any atom is 0.405 e. The Hall–Kier alpha value is -5.19. The highest BCUT2D eigenvalue weighted by molar-refractivity contribution is 5.89. The van der Waals surface area contributed by atoms with Crippen LogP contribution in [0.1, 0.15) is 22.5 Å². The third-order valence-corrected chi connectivity index (χ3v) is 6.20. The van der Waals surface area contributed by atoms with E-state index in [0.29, 0.717) is 31.0 Å². The molecule has 0 aliphatic heterocycles. The molecule has 2 aromatic carbocycles. The number of imidazole rings is 1. The second-order valence-electron chi connectivity index (χ2n) is 9.32. The predicted molar refractivity (Wildman–Crippen MR) is 151 cm³/mol. The summed E-state index contributed by atoms with van der Waals surface area (Å²) in [4.78, 5) is 50.4. The zero-order chi connectivity index (χ0) is 28.9. The van der Waals surface area contributed by atoms with Crippen LogP contribution < -0.4 is 15.4 Å². The second kappa shape index (κ2) is 14.8. The number of amides is 3. The fourth-order valence-corrected chi connectivity index (χ4v) is 4.16. The van der Waals surface area contributed by atoms with Crippen LogP contribution in [-0.2, 0) is 35.6 Å². The number of pyridine rings is 1. The van der Waals surface area contributed by atoms with E-state index in [2.05, 4.69) is 25.6 Å². The smallest absolute Gasteiger partial charge is 0.405 e. The number of carbonyl (C=O) groups is 3. The monoisotopic (exact) mass is 556 g/mol. The van der Waals surface area contributed by atoms with E-state index >= 15 is 0 Å². The molecule has 0 bridgehead atoms. The van der Waals surface area contributed by atoms with E-state index in [0.717, 1.165) is 16.8 Å². The lowest BCUT2D eigenvalue weighted by Crippen LogP contribution is -2.51. The molecule has 0 aliphatic carbocycles. The Labute approximate surface area is 237 Å². The van der Waals surface area contributed by atoms with Gasteiger partial charge in [-0.1, -0.05) is 48.5 Å². The highest BCUT2D eigenvalue weighted by Gasteiger charge is 2.28. The van der Waals surface area contributed by atoms with Crippen LogP contribution >= 0.6 is 0 Å². The molecule has 212 valence electrons. The highest BCUT2D eigenvalue weighted by Crippen LogP contribution is 2.16. The van der Waals surface area contributed by atoms with Gasteiger partial charge < -0.3 is 30.4 Å². The fourth-order valence-electron chi connectivity index (χ4n) is 4.16. The van der Waals surface area contributed by atoms with Crippen LogP contribution in [0, 0.1) is 0 Å². The van der Waals surface area contributed by atoms with Crippen molar-refractivity contribution >= 4 is 17.9 Å². The first-order valence-electron chi connectivity index (χ1n) is 13.1. The normalized spacial score (nSPS) is 11.3. The Balaban J connectivity index is 1.44. The molecule has 1 unspecified atom stereocenters. The van der Waals surface area contributed by atoms with Gasteiger partial charge in [0, 0.05) is 49.7 Å². The molecule has 41 heavy (non-hydrogen) atoms. The highest BCUT2D eigenvalue weighted by atomic mass is 16.5. The SMILES string of the molecule is O=C(O)NC(Cc1cnc[nH]1)C(=O)N(CC(=O)NCCc1ccccn1)Cc1ccc(OCc2ccccc2)cc1. The van der Waals surface area contributed by atoms with Crippen molar-refractivity contribution in [1.29, 1.82) is 0 Å². The zero-order valence-corrected chi connectivity index (χ0v) is 22.4. The standard InChI is InChI=1S/C30H32N6O5/c37-28(33-15-13-24-8-4-5-14-32-24)19-36(29(38)27(35-30(39)40)16-25-17-31-21-34-25)18-22-9-11-26(12-10-22)41-20-23-6-2-1-3-7-23/h1-12,14,17,21,27,35H,13,15-16,18-20H2,(H,31,34)(H,33,37)(H,39,40). The van der Waals surface area contributed by atoms with Gasteiger partial charge in [0.1, 0.15) is 18.4 Å². The number of ether oxygens (including phenoxy) is 1. The molecule has 4 aromatic rings. The van der Waals surface area contributed by atoms with Gasteiger partial charge in [0.2, 0.25) is 11.8 Å². The zero-order valence-electron chi connectivity index (χ0n) is 22.4. The van der Waals surface area contributed by atoms with Crippen LogP contribution in [0.4, 0.5) is 4.79 Å². The minimum Gasteiger partial charge on any atom is -0.489 e. The molecule has 4 N–H and O–H groups in total. The summed E-state index contributed by atoms with van der Waals surface area (Å²) in [6, 6.07) is 21.4. The van der Waals surface area contributed by atoms with Crippen molar-refractivity contribution in [3.63, 3.8) is 0 Å². The van der Waals surface area contributed by atoms with Crippen LogP contribution in [0.25, 0.3) is 0 Å². The Bertz CT molecular complexity index is 1380. The van der Waals surface area contributed by atoms with Crippen molar-refractivity contribution in [1.82, 2.24) is 30.5 Å². The molecule has 3 amide bonds. The Morgan fingerprint density at radius 2 is 1.76 bits per heavy atom. The molecule has 0 radical (unpaired) electrons. The van der Waals surface area contributed by atoms with E-state index in [1.165, 1.54) is 17.4 Å². The van der Waals surface area contributed by atoms with Crippen LogP contribution in [0.5, 0.6) is 5.75 Å². The number of nitrogens with zero attached hydrogens (tertiary/aromatic N) is 3. The molecule has 0 saturated carbocycles. The van der Waals surface area contributed by atoms with Gasteiger partial charge in [-0.05, 0) is 35.4 Å². The van der Waals surface area contributed by atoms with Gasteiger partial charge in [-0.15, -0.1) is 0 Å². The third-order valence-electron chi connectivity index (χ3n) is 6.20. The Morgan fingerprint density at radius 1 is 0.976 bits per heavy atom. The Morgan fingerprint density at radius 3 is 2.44 bits per heavy atom. The third kappa shape index (κ3) is 9.50. The molecule has 2 aromatic heterocycles. The molecule has 1 atom stereocenters. The van der Waals surface area contributed by atoms with Gasteiger partial charge in [0.25, 0.3) is 0 Å². The first kappa shape index (κ1) is 28.8. The molecule has 0 aliphatic rings. The number of nitrogens with one attached hydrogen (secondary N) is 3. The van der Waals surface area contributed by atoms with E-state index < -0.39 is 18.0 Å². The van der Waals surface area contributed by atoms with Crippen molar-refractivity contribution in [2.45, 2.75) is 32.0 Å². The molecular weight excluding hydrogens is 524 g/mol. The van der Waals surface area contributed by atoms with Crippen LogP contribution in [0.3, 0.4) is 0 Å². The van der Waals surface area contributed by atoms with Crippen molar-refractivity contribution in [2.75, 3.05) is 13.1 Å². The van der Waals surface area contributed by atoms with E-state index in [1.54, 1.807) is 18.3 Å². The van der Waals surface area contributed by atoms with E-state index in [1.807, 2.05) is 60.7 Å². The number of hydrogen-bond donors (Lipinski definition) is 4. The molecule has 0 fully saturated rings. The van der Waals surface area contributed by atoms with Crippen molar-refractivity contribution < 1.29 is 24.2 Å². The Kier molecular flexibility index (Phi) is 10.4. The maximum absolute atomic E-state index is 13.6. The van der Waals surface area contributed by atoms with E-state index in [-0.39, 0.29) is 25.4 Å². The average molecular weight is 557 g/mol. The number of carbonyl (C=O) groups excluding carboxylic acids is 2. The number of benzene rings is 2. The number of carboxylic acid groups (broad SMARTS) is 1. The topological polar surface area (TPSA) is 150 Å². The second-order valence-corrected chi connectivity index (χ2v) is 9.32. The lowest BCUT2D eigenvalue weighted by atomic mass is 10.1. The summed E-state index contributed by atoms with van der Waals surface area (Å²) in [5.74, 6) is -0.244. The van der Waals surface area contributed by atoms with Crippen LogP contribution in [-0.4, -0.2) is 62.0 Å². The van der Waals surface area contributed by atoms with E-state index in [4.69, 9.17) is 4.74 Å². The lowest BCUT2D eigenvalue weighted by Gasteiger charge is -2.27. The number of hydrogen-bond acceptors (Lipinski definition) is 6. The van der Waals surface area contributed by atoms with Crippen LogP contribution in [0.15, 0.2) is 91.5 Å². The first-order valence-corrected chi connectivity index (χ1v) is 13.1. The molecule has 2 heterocycles. The number of aromatic amines is 1. The number of rotatable bonds is 14. The van der Waals surface area contributed by atoms with Gasteiger partial charge in [0.05, 0.1) is 12.9 Å². The summed E-state index contributed by atoms with van der Waals surface area (Å²) >= 11 is 0. The van der Waals surface area contributed by atoms with Gasteiger partial charge in [-0.25, -0.2) is 9.78 Å². The summed E-state index contributed by atoms with van der Waals surface area (Å²) in [7, 11) is 0. The lowest BCUT2D eigenvalue weighted by molar-refractivity contribution is -0.138. The maximum atomic E-state index is 13.6. The molecule has 0 spiro atoms. The molecular formula is C30H32N6O5.